The molecule has 5 nitrogen and oxygen atoms in total. The summed E-state index contributed by atoms with van der Waals surface area (Å²) in [6.07, 6.45) is 4.84. The smallest absolute Gasteiger partial charge is 0.155 e. The molecule has 0 saturated heterocycles. The third-order valence-corrected chi connectivity index (χ3v) is 4.39. The zero-order chi connectivity index (χ0) is 20.1. The number of aliphatic hydroxyl groups is 1. The van der Waals surface area contributed by atoms with Crippen molar-refractivity contribution in [1.82, 2.24) is 9.55 Å². The summed E-state index contributed by atoms with van der Waals surface area (Å²) in [5.41, 5.74) is 1.83. The van der Waals surface area contributed by atoms with Crippen molar-refractivity contribution in [1.29, 1.82) is 0 Å². The van der Waals surface area contributed by atoms with Gasteiger partial charge in [-0.25, -0.2) is 0 Å². The number of allylic oxidation sites excluding steroid dienone is 2. The molecule has 0 amide bonds. The van der Waals surface area contributed by atoms with Gasteiger partial charge in [-0.3, -0.25) is 9.78 Å². The number of halogens is 1. The second kappa shape index (κ2) is 10.3. The third-order valence-electron chi connectivity index (χ3n) is 3.72. The molecule has 0 aliphatic heterocycles. The van der Waals surface area contributed by atoms with Gasteiger partial charge in [-0.05, 0) is 41.9 Å². The van der Waals surface area contributed by atoms with Gasteiger partial charge in [-0.1, -0.05) is 30.3 Å². The van der Waals surface area contributed by atoms with Crippen LogP contribution in [0.2, 0.25) is 0 Å². The molecule has 29 heavy (non-hydrogen) atoms. The molecule has 1 radical (unpaired) electrons. The Morgan fingerprint density at radius 3 is 2.48 bits per heavy atom. The Kier molecular flexibility index (Phi) is 8.14. The molecule has 0 saturated carbocycles. The number of ketones is 1. The fourth-order valence-corrected chi connectivity index (χ4v) is 3.10. The Labute approximate surface area is 190 Å². The van der Waals surface area contributed by atoms with E-state index in [9.17, 15) is 4.79 Å². The minimum absolute atomic E-state index is 0. The summed E-state index contributed by atoms with van der Waals surface area (Å²) in [6, 6.07) is 19.1. The van der Waals surface area contributed by atoms with E-state index in [4.69, 9.17) is 9.52 Å². The number of aliphatic hydroxyl groups excluding tert-OH is 1. The molecule has 0 aliphatic carbocycles. The molecule has 0 atom stereocenters. The van der Waals surface area contributed by atoms with Gasteiger partial charge >= 0.3 is 0 Å². The summed E-state index contributed by atoms with van der Waals surface area (Å²) < 4.78 is 8.85. The summed E-state index contributed by atoms with van der Waals surface area (Å²) in [7, 11) is 0. The number of carbonyl (C=O) groups excluding carboxylic acids is 1. The van der Waals surface area contributed by atoms with Gasteiger partial charge in [0.25, 0.3) is 0 Å². The van der Waals surface area contributed by atoms with Gasteiger partial charge in [0.15, 0.2) is 5.78 Å². The van der Waals surface area contributed by atoms with E-state index >= 15 is 0 Å². The van der Waals surface area contributed by atoms with Crippen LogP contribution in [0.1, 0.15) is 13.8 Å². The van der Waals surface area contributed by atoms with Gasteiger partial charge in [-0.2, -0.15) is 0 Å². The molecule has 0 aliphatic rings. The van der Waals surface area contributed by atoms with Crippen LogP contribution in [0.3, 0.4) is 0 Å². The summed E-state index contributed by atoms with van der Waals surface area (Å²) in [5, 5.41) is 9.32. The number of nitrogens with zero attached hydrogens (tertiary/aromatic N) is 2. The maximum absolute atomic E-state index is 10.0. The zero-order valence-corrected chi connectivity index (χ0v) is 19.7. The van der Waals surface area contributed by atoms with Gasteiger partial charge in [-0.15, -0.1) is 17.5 Å². The molecule has 4 aromatic rings. The Balaban J connectivity index is 0.000000327. The molecule has 2 aromatic heterocycles. The van der Waals surface area contributed by atoms with E-state index in [1.165, 1.54) is 19.9 Å². The topological polar surface area (TPSA) is 68.3 Å². The predicted molar refractivity (Wildman–Crippen MR) is 112 cm³/mol. The van der Waals surface area contributed by atoms with Crippen molar-refractivity contribution in [2.24, 2.45) is 0 Å². The minimum Gasteiger partial charge on any atom is -0.516 e. The average Bonchev–Trinajstić information content (AvgIpc) is 3.28. The fraction of sp³-hybridized carbons (Fsp3) is 0.0909. The van der Waals surface area contributed by atoms with Crippen molar-refractivity contribution in [2.45, 2.75) is 13.8 Å². The van der Waals surface area contributed by atoms with Gasteiger partial charge in [0.2, 0.25) is 0 Å². The van der Waals surface area contributed by atoms with Crippen LogP contribution >= 0.6 is 15.9 Å². The Hall–Kier alpha value is -2.47. The van der Waals surface area contributed by atoms with E-state index in [1.54, 1.807) is 6.20 Å². The van der Waals surface area contributed by atoms with Gasteiger partial charge < -0.3 is 14.1 Å². The first-order valence-electron chi connectivity index (χ1n) is 8.53. The maximum atomic E-state index is 10.0. The van der Waals surface area contributed by atoms with E-state index < -0.39 is 0 Å². The van der Waals surface area contributed by atoms with Crippen LogP contribution in [0, 0.1) is 6.07 Å². The standard InChI is InChI=1S/C17H10BrN2O.C5H8O2.Ir/c18-13-6-2-3-7-14(13)20-10-9-19-17(20)16-11-12-5-1-4-8-15(12)21-16;1-4(6)3-5(2)7;/h1-10H;3,6H,1-2H3;/q-1;;/b;4-3-;. The van der Waals surface area contributed by atoms with E-state index in [-0.39, 0.29) is 31.6 Å². The van der Waals surface area contributed by atoms with Gasteiger partial charge in [0.1, 0.15) is 5.82 Å². The number of hydrogen-bond donors (Lipinski definition) is 1. The third kappa shape index (κ3) is 5.76. The number of fused-ring (bicyclic) bond motifs is 1. The van der Waals surface area contributed by atoms with Gasteiger partial charge in [0.05, 0.1) is 17.2 Å². The van der Waals surface area contributed by atoms with E-state index in [2.05, 4.69) is 27.0 Å². The first kappa shape index (κ1) is 22.8. The first-order chi connectivity index (χ1) is 13.5. The van der Waals surface area contributed by atoms with Crippen LogP contribution in [0.5, 0.6) is 0 Å². The molecule has 7 heteroatoms. The molecule has 0 fully saturated rings. The van der Waals surface area contributed by atoms with Crippen molar-refractivity contribution < 1.29 is 34.4 Å². The van der Waals surface area contributed by atoms with Crippen LogP contribution < -0.4 is 0 Å². The Bertz CT molecular complexity index is 1110. The second-order valence-electron chi connectivity index (χ2n) is 6.02. The molecule has 0 unspecified atom stereocenters. The largest absolute Gasteiger partial charge is 0.516 e. The summed E-state index contributed by atoms with van der Waals surface area (Å²) in [5.74, 6) is 1.31. The van der Waals surface area contributed by atoms with E-state index in [0.717, 1.165) is 27.0 Å². The molecule has 1 N–H and O–H groups in total. The number of furan rings is 1. The number of hydrogen-bond acceptors (Lipinski definition) is 4. The van der Waals surface area contributed by atoms with Crippen LogP contribution in [0.4, 0.5) is 0 Å². The number of rotatable bonds is 3. The SMILES string of the molecule is Brc1ccccc1-n1ccnc1-c1[c-]c2ccccc2o1.CC(=O)/C=C(/C)O.[Ir]. The molecule has 2 aromatic carbocycles. The van der Waals surface area contributed by atoms with Crippen LogP contribution in [0.25, 0.3) is 28.2 Å². The van der Waals surface area contributed by atoms with E-state index in [0.29, 0.717) is 5.76 Å². The number of benzene rings is 2. The predicted octanol–water partition coefficient (Wildman–Crippen LogP) is 5.88. The van der Waals surface area contributed by atoms with Crippen LogP contribution in [0.15, 0.2) is 81.6 Å². The number of aromatic nitrogens is 2. The van der Waals surface area contributed by atoms with Crippen molar-refractivity contribution in [3.8, 4) is 17.3 Å². The first-order valence-corrected chi connectivity index (χ1v) is 9.32. The van der Waals surface area contributed by atoms with E-state index in [1.807, 2.05) is 59.3 Å². The fourth-order valence-electron chi connectivity index (χ4n) is 2.63. The van der Waals surface area contributed by atoms with Crippen molar-refractivity contribution >= 4 is 32.7 Å². The molecule has 151 valence electrons. The summed E-state index contributed by atoms with van der Waals surface area (Å²) in [6.45, 7) is 2.85. The second-order valence-corrected chi connectivity index (χ2v) is 6.88. The average molecular weight is 631 g/mol. The normalized spacial score (nSPS) is 10.8. The van der Waals surface area contributed by atoms with Crippen molar-refractivity contribution in [3.63, 3.8) is 0 Å². The van der Waals surface area contributed by atoms with Crippen molar-refractivity contribution in [2.75, 3.05) is 0 Å². The molecule has 0 spiro atoms. The van der Waals surface area contributed by atoms with Crippen LogP contribution in [-0.4, -0.2) is 20.4 Å². The Morgan fingerprint density at radius 2 is 1.86 bits per heavy atom. The molecular weight excluding hydrogens is 612 g/mol. The quantitative estimate of drug-likeness (QED) is 0.175. The minimum atomic E-state index is -0.125. The van der Waals surface area contributed by atoms with Crippen LogP contribution in [-0.2, 0) is 24.9 Å². The molecule has 2 heterocycles. The number of imidazole rings is 1. The number of carbonyl (C=O) groups is 1. The molecule has 4 rings (SSSR count). The monoisotopic (exact) mass is 630 g/mol. The summed E-state index contributed by atoms with van der Waals surface area (Å²) in [4.78, 5) is 14.4. The van der Waals surface area contributed by atoms with Crippen molar-refractivity contribution in [3.05, 3.63) is 83.3 Å². The number of para-hydroxylation sites is 2. The maximum Gasteiger partial charge on any atom is 0.155 e. The van der Waals surface area contributed by atoms with Gasteiger partial charge in [0, 0.05) is 48.6 Å². The Morgan fingerprint density at radius 1 is 1.17 bits per heavy atom. The summed E-state index contributed by atoms with van der Waals surface area (Å²) >= 11 is 3.57. The zero-order valence-electron chi connectivity index (χ0n) is 15.7. The molecule has 0 bridgehead atoms. The molecular formula is C22H18BrIrN2O3-.